The molecule has 0 saturated heterocycles. The minimum atomic E-state index is -4.94. The average Bonchev–Trinajstić information content (AvgIpc) is 2.91. The molecular formula is C15H9ClN2O6S. The predicted molar refractivity (Wildman–Crippen MR) is 79.1 cm³/mol. The van der Waals surface area contributed by atoms with Gasteiger partial charge in [-0.1, -0.05) is 23.5 Å². The van der Waals surface area contributed by atoms with Crippen molar-refractivity contribution in [3.8, 4) is 0 Å². The van der Waals surface area contributed by atoms with Crippen LogP contribution in [-0.4, -0.2) is 4.92 Å². The Kier molecular flexibility index (Phi) is 4.52. The number of hydrogen-bond donors (Lipinski definition) is 0. The Labute approximate surface area is 146 Å². The third-order valence-corrected chi connectivity index (χ3v) is 4.50. The molecular weight excluding hydrogens is 372 g/mol. The lowest BCUT2D eigenvalue weighted by Crippen LogP contribution is -2.68. The lowest BCUT2D eigenvalue weighted by atomic mass is 10.2. The molecule has 0 spiro atoms. The molecule has 25 heavy (non-hydrogen) atoms. The van der Waals surface area contributed by atoms with E-state index in [1.807, 2.05) is 30.3 Å². The van der Waals surface area contributed by atoms with Crippen molar-refractivity contribution in [3.05, 3.63) is 64.7 Å². The van der Waals surface area contributed by atoms with Crippen LogP contribution in [0.15, 0.2) is 54.6 Å². The van der Waals surface area contributed by atoms with E-state index in [0.29, 0.717) is 0 Å². The number of rotatable bonds is 1. The zero-order valence-corrected chi connectivity index (χ0v) is 13.9. The minimum absolute atomic E-state index is 0.122. The molecule has 0 unspecified atom stereocenters. The lowest BCUT2D eigenvalue weighted by Gasteiger charge is -2.17. The van der Waals surface area contributed by atoms with Gasteiger partial charge in [-0.2, -0.15) is 0 Å². The maximum atomic E-state index is 10.9. The van der Waals surface area contributed by atoms with Gasteiger partial charge < -0.3 is 0 Å². The molecule has 0 radical (unpaired) electrons. The van der Waals surface area contributed by atoms with Crippen molar-refractivity contribution in [1.29, 1.82) is 0 Å². The first-order valence-electron chi connectivity index (χ1n) is 6.76. The molecule has 0 aliphatic rings. The quantitative estimate of drug-likeness (QED) is 0.234. The monoisotopic (exact) mass is 380 g/mol. The fourth-order valence-electron chi connectivity index (χ4n) is 2.52. The van der Waals surface area contributed by atoms with Crippen molar-refractivity contribution >= 4 is 43.0 Å². The summed E-state index contributed by atoms with van der Waals surface area (Å²) in [5.41, 5.74) is 2.24. The summed E-state index contributed by atoms with van der Waals surface area (Å²) in [7, 11) is -4.94. The van der Waals surface area contributed by atoms with Gasteiger partial charge in [-0.05, 0) is 12.1 Å². The molecule has 0 amide bonds. The summed E-state index contributed by atoms with van der Waals surface area (Å²) in [5.74, 6) is 0. The third kappa shape index (κ3) is 3.82. The molecule has 0 saturated carbocycles. The predicted octanol–water partition coefficient (Wildman–Crippen LogP) is -1.05. The number of benzene rings is 2. The zero-order valence-electron chi connectivity index (χ0n) is 12.3. The van der Waals surface area contributed by atoms with E-state index in [9.17, 15) is 10.1 Å². The van der Waals surface area contributed by atoms with Crippen LogP contribution in [0.3, 0.4) is 0 Å². The Balaban J connectivity index is 0.000000324. The first kappa shape index (κ1) is 17.4. The van der Waals surface area contributed by atoms with Gasteiger partial charge in [0.05, 0.1) is 10.3 Å². The van der Waals surface area contributed by atoms with Crippen molar-refractivity contribution in [3.63, 3.8) is 0 Å². The van der Waals surface area contributed by atoms with Crippen LogP contribution < -0.4 is 23.0 Å². The number of halogens is 1. The third-order valence-electron chi connectivity index (χ3n) is 3.41. The topological polar surface area (TPSA) is 139 Å². The first-order valence-corrected chi connectivity index (χ1v) is 8.81. The van der Waals surface area contributed by atoms with Crippen LogP contribution in [0.2, 0.25) is 0 Å². The standard InChI is InChI=1S/C15H9N2O2S.ClHO4/c18-17(19)11-6-7-12-10(9-11)5-8-15-16(12)13-3-1-2-4-14(13)20-15;2-1(3,4)5/h1-9H;(H,2,3,4,5)/q+1;/p-1. The number of fused-ring (bicyclic) bond motifs is 5. The van der Waals surface area contributed by atoms with E-state index in [1.165, 1.54) is 4.70 Å². The van der Waals surface area contributed by atoms with Crippen LogP contribution in [0, 0.1) is 20.4 Å². The number of nitro groups is 1. The van der Waals surface area contributed by atoms with Gasteiger partial charge in [-0.15, -0.1) is 14.6 Å². The molecule has 2 aromatic heterocycles. The van der Waals surface area contributed by atoms with Gasteiger partial charge in [0.1, 0.15) is 4.70 Å². The number of thiazole rings is 1. The molecule has 2 aromatic carbocycles. The maximum absolute atomic E-state index is 10.9. The highest BCUT2D eigenvalue weighted by atomic mass is 35.7. The molecule has 0 aliphatic carbocycles. The van der Waals surface area contributed by atoms with Gasteiger partial charge in [0.25, 0.3) is 10.5 Å². The van der Waals surface area contributed by atoms with Crippen LogP contribution in [-0.2, 0) is 0 Å². The molecule has 4 aromatic rings. The Hall–Kier alpha value is -2.40. The highest BCUT2D eigenvalue weighted by molar-refractivity contribution is 7.23. The summed E-state index contributed by atoms with van der Waals surface area (Å²) in [6.45, 7) is 0. The molecule has 2 heterocycles. The van der Waals surface area contributed by atoms with Crippen LogP contribution in [0.25, 0.3) is 25.9 Å². The second-order valence-corrected chi connectivity index (χ2v) is 6.77. The molecule has 0 bridgehead atoms. The van der Waals surface area contributed by atoms with Crippen molar-refractivity contribution in [1.82, 2.24) is 0 Å². The highest BCUT2D eigenvalue weighted by Gasteiger charge is 2.18. The fraction of sp³-hybridized carbons (Fsp3) is 0. The molecule has 0 N–H and O–H groups in total. The average molecular weight is 381 g/mol. The van der Waals surface area contributed by atoms with Crippen molar-refractivity contribution in [2.45, 2.75) is 0 Å². The van der Waals surface area contributed by atoms with Crippen molar-refractivity contribution in [2.75, 3.05) is 0 Å². The molecule has 128 valence electrons. The van der Waals surface area contributed by atoms with Gasteiger partial charge in [-0.3, -0.25) is 10.1 Å². The number of aromatic nitrogens is 1. The summed E-state index contributed by atoms with van der Waals surface area (Å²) in [4.78, 5) is 11.6. The van der Waals surface area contributed by atoms with Gasteiger partial charge in [0.15, 0.2) is 0 Å². The second-order valence-electron chi connectivity index (χ2n) is 4.95. The van der Waals surface area contributed by atoms with E-state index in [0.717, 1.165) is 21.3 Å². The molecule has 0 aliphatic heterocycles. The summed E-state index contributed by atoms with van der Waals surface area (Å²) >= 11 is 1.72. The zero-order chi connectivity index (χ0) is 18.2. The second kappa shape index (κ2) is 6.48. The summed E-state index contributed by atoms with van der Waals surface area (Å²) < 4.78 is 37.3. The molecule has 4 rings (SSSR count). The maximum Gasteiger partial charge on any atom is 0.270 e. The number of non-ortho nitro benzene ring substituents is 1. The molecule has 8 nitrogen and oxygen atoms in total. The van der Waals surface area contributed by atoms with Gasteiger partial charge in [-0.25, -0.2) is 18.6 Å². The highest BCUT2D eigenvalue weighted by Crippen LogP contribution is 2.25. The largest absolute Gasteiger partial charge is 0.270 e. The Morgan fingerprint density at radius 3 is 2.28 bits per heavy atom. The van der Waals surface area contributed by atoms with Crippen molar-refractivity contribution < 1.29 is 38.2 Å². The fourth-order valence-corrected chi connectivity index (χ4v) is 3.58. The summed E-state index contributed by atoms with van der Waals surface area (Å²) in [6.07, 6.45) is 0. The number of para-hydroxylation sites is 1. The minimum Gasteiger partial charge on any atom is -0.258 e. The van der Waals surface area contributed by atoms with Gasteiger partial charge in [0.2, 0.25) is 11.0 Å². The van der Waals surface area contributed by atoms with E-state index in [1.54, 1.807) is 23.5 Å². The van der Waals surface area contributed by atoms with Gasteiger partial charge >= 0.3 is 0 Å². The van der Waals surface area contributed by atoms with E-state index < -0.39 is 10.2 Å². The van der Waals surface area contributed by atoms with Crippen LogP contribution >= 0.6 is 11.3 Å². The van der Waals surface area contributed by atoms with Crippen LogP contribution in [0.4, 0.5) is 5.69 Å². The SMILES string of the molecule is O=[N+]([O-])c1ccc2c(ccc3sc4ccccc4[n+]32)c1.[O-][Cl+3]([O-])([O-])[O-]. The van der Waals surface area contributed by atoms with E-state index in [-0.39, 0.29) is 10.6 Å². The smallest absolute Gasteiger partial charge is 0.258 e. The van der Waals surface area contributed by atoms with Gasteiger partial charge in [0, 0.05) is 30.3 Å². The Bertz CT molecular complexity index is 1090. The van der Waals surface area contributed by atoms with Crippen molar-refractivity contribution in [2.24, 2.45) is 0 Å². The summed E-state index contributed by atoms with van der Waals surface area (Å²) in [6, 6.07) is 17.1. The van der Waals surface area contributed by atoms with E-state index >= 15 is 0 Å². The number of pyridine rings is 1. The number of nitro benzene ring substituents is 1. The lowest BCUT2D eigenvalue weighted by molar-refractivity contribution is -2.00. The Morgan fingerprint density at radius 1 is 0.920 bits per heavy atom. The van der Waals surface area contributed by atoms with E-state index in [2.05, 4.69) is 16.5 Å². The van der Waals surface area contributed by atoms with E-state index in [4.69, 9.17) is 18.6 Å². The number of nitrogens with zero attached hydrogens (tertiary/aromatic N) is 2. The summed E-state index contributed by atoms with van der Waals surface area (Å²) in [5, 5.41) is 11.7. The van der Waals surface area contributed by atoms with Crippen LogP contribution in [0.5, 0.6) is 0 Å². The van der Waals surface area contributed by atoms with Crippen LogP contribution in [0.1, 0.15) is 0 Å². The Morgan fingerprint density at radius 2 is 1.60 bits per heavy atom. The normalized spacial score (nSPS) is 11.5. The molecule has 0 atom stereocenters. The molecule has 0 fully saturated rings. The number of hydrogen-bond acceptors (Lipinski definition) is 7. The first-order chi connectivity index (χ1) is 11.7. The molecule has 10 heteroatoms.